The molecule has 0 aliphatic carbocycles. The van der Waals surface area contributed by atoms with Gasteiger partial charge in [-0.15, -0.1) is 11.3 Å². The minimum atomic E-state index is 0.863. The third-order valence-corrected chi connectivity index (χ3v) is 3.32. The Labute approximate surface area is 114 Å². The SMILES string of the molecule is C(=C\c1csc(-c2ccccn2)n1)/c1ccncn1. The number of aromatic nitrogens is 4. The summed E-state index contributed by atoms with van der Waals surface area (Å²) in [5.41, 5.74) is 2.67. The van der Waals surface area contributed by atoms with Crippen molar-refractivity contribution in [3.8, 4) is 10.7 Å². The Balaban J connectivity index is 1.81. The van der Waals surface area contributed by atoms with Crippen molar-refractivity contribution in [3.63, 3.8) is 0 Å². The molecule has 0 radical (unpaired) electrons. The van der Waals surface area contributed by atoms with Crippen molar-refractivity contribution in [2.45, 2.75) is 0 Å². The van der Waals surface area contributed by atoms with Crippen molar-refractivity contribution in [1.82, 2.24) is 19.9 Å². The van der Waals surface area contributed by atoms with Gasteiger partial charge in [-0.1, -0.05) is 6.07 Å². The minimum Gasteiger partial charge on any atom is -0.254 e. The molecular weight excluding hydrogens is 256 g/mol. The average molecular weight is 266 g/mol. The highest BCUT2D eigenvalue weighted by Gasteiger charge is 2.03. The summed E-state index contributed by atoms with van der Waals surface area (Å²) in [5, 5.41) is 2.92. The highest BCUT2D eigenvalue weighted by atomic mass is 32.1. The van der Waals surface area contributed by atoms with Crippen LogP contribution in [0.5, 0.6) is 0 Å². The first-order valence-corrected chi connectivity index (χ1v) is 6.61. The number of rotatable bonds is 3. The van der Waals surface area contributed by atoms with E-state index in [0.29, 0.717) is 0 Å². The van der Waals surface area contributed by atoms with E-state index in [0.717, 1.165) is 22.1 Å². The molecule has 0 aromatic carbocycles. The maximum absolute atomic E-state index is 4.52. The highest BCUT2D eigenvalue weighted by Crippen LogP contribution is 2.22. The molecule has 0 aliphatic heterocycles. The Morgan fingerprint density at radius 3 is 2.68 bits per heavy atom. The van der Waals surface area contributed by atoms with Gasteiger partial charge in [-0.2, -0.15) is 0 Å². The van der Waals surface area contributed by atoms with Crippen LogP contribution >= 0.6 is 11.3 Å². The maximum atomic E-state index is 4.52. The van der Waals surface area contributed by atoms with Gasteiger partial charge >= 0.3 is 0 Å². The van der Waals surface area contributed by atoms with Crippen LogP contribution in [-0.2, 0) is 0 Å². The van der Waals surface area contributed by atoms with E-state index in [2.05, 4.69) is 19.9 Å². The predicted octanol–water partition coefficient (Wildman–Crippen LogP) is 3.17. The maximum Gasteiger partial charge on any atom is 0.142 e. The summed E-state index contributed by atoms with van der Waals surface area (Å²) in [7, 11) is 0. The lowest BCUT2D eigenvalue weighted by atomic mass is 10.3. The zero-order chi connectivity index (χ0) is 12.9. The molecule has 0 N–H and O–H groups in total. The van der Waals surface area contributed by atoms with Gasteiger partial charge in [-0.3, -0.25) is 4.98 Å². The molecule has 0 fully saturated rings. The zero-order valence-electron chi connectivity index (χ0n) is 9.97. The highest BCUT2D eigenvalue weighted by molar-refractivity contribution is 7.13. The van der Waals surface area contributed by atoms with Crippen LogP contribution in [0.25, 0.3) is 22.9 Å². The molecule has 0 atom stereocenters. The molecule has 19 heavy (non-hydrogen) atoms. The van der Waals surface area contributed by atoms with E-state index >= 15 is 0 Å². The summed E-state index contributed by atoms with van der Waals surface area (Å²) < 4.78 is 0. The van der Waals surface area contributed by atoms with Gasteiger partial charge in [-0.05, 0) is 30.4 Å². The van der Waals surface area contributed by atoms with E-state index in [4.69, 9.17) is 0 Å². The second-order valence-electron chi connectivity index (χ2n) is 3.76. The number of nitrogens with zero attached hydrogens (tertiary/aromatic N) is 4. The van der Waals surface area contributed by atoms with Crippen LogP contribution in [0, 0.1) is 0 Å². The van der Waals surface area contributed by atoms with Gasteiger partial charge in [-0.25, -0.2) is 15.0 Å². The zero-order valence-corrected chi connectivity index (χ0v) is 10.8. The molecule has 0 bridgehead atoms. The van der Waals surface area contributed by atoms with Crippen molar-refractivity contribution < 1.29 is 0 Å². The normalized spacial score (nSPS) is 10.9. The van der Waals surface area contributed by atoms with E-state index < -0.39 is 0 Å². The lowest BCUT2D eigenvalue weighted by Crippen LogP contribution is -1.81. The van der Waals surface area contributed by atoms with Crippen LogP contribution in [0.4, 0.5) is 0 Å². The molecule has 0 aliphatic rings. The van der Waals surface area contributed by atoms with Crippen LogP contribution in [0.2, 0.25) is 0 Å². The molecular formula is C14H10N4S. The van der Waals surface area contributed by atoms with E-state index in [-0.39, 0.29) is 0 Å². The van der Waals surface area contributed by atoms with Crippen molar-refractivity contribution in [2.24, 2.45) is 0 Å². The topological polar surface area (TPSA) is 51.6 Å². The van der Waals surface area contributed by atoms with Gasteiger partial charge in [0.05, 0.1) is 17.1 Å². The lowest BCUT2D eigenvalue weighted by molar-refractivity contribution is 1.15. The van der Waals surface area contributed by atoms with Gasteiger partial charge in [0.15, 0.2) is 0 Å². The third-order valence-electron chi connectivity index (χ3n) is 2.44. The molecule has 4 nitrogen and oxygen atoms in total. The fraction of sp³-hybridized carbons (Fsp3) is 0. The smallest absolute Gasteiger partial charge is 0.142 e. The molecule has 0 saturated carbocycles. The molecule has 3 aromatic heterocycles. The molecule has 3 heterocycles. The summed E-state index contributed by atoms with van der Waals surface area (Å²) in [6, 6.07) is 7.66. The van der Waals surface area contributed by atoms with Crippen molar-refractivity contribution in [3.05, 3.63) is 59.8 Å². The van der Waals surface area contributed by atoms with Gasteiger partial charge in [0.25, 0.3) is 0 Å². The van der Waals surface area contributed by atoms with E-state index in [1.54, 1.807) is 23.7 Å². The minimum absolute atomic E-state index is 0.863. The molecule has 0 spiro atoms. The number of pyridine rings is 1. The molecule has 3 rings (SSSR count). The fourth-order valence-corrected chi connectivity index (χ4v) is 2.30. The first-order chi connectivity index (χ1) is 9.42. The van der Waals surface area contributed by atoms with Gasteiger partial charge in [0.2, 0.25) is 0 Å². The summed E-state index contributed by atoms with van der Waals surface area (Å²) in [6.45, 7) is 0. The van der Waals surface area contributed by atoms with Gasteiger partial charge in [0, 0.05) is 17.8 Å². The van der Waals surface area contributed by atoms with E-state index in [1.807, 2.05) is 41.8 Å². The van der Waals surface area contributed by atoms with Crippen LogP contribution in [0.3, 0.4) is 0 Å². The van der Waals surface area contributed by atoms with Crippen LogP contribution in [-0.4, -0.2) is 19.9 Å². The quantitative estimate of drug-likeness (QED) is 0.730. The Morgan fingerprint density at radius 1 is 0.947 bits per heavy atom. The van der Waals surface area contributed by atoms with E-state index in [1.165, 1.54) is 6.33 Å². The number of hydrogen-bond acceptors (Lipinski definition) is 5. The van der Waals surface area contributed by atoms with E-state index in [9.17, 15) is 0 Å². The standard InChI is InChI=1S/C14H10N4S/c1-2-7-16-13(3-1)14-18-12(9-19-14)5-4-11-6-8-15-10-17-11/h1-10H/b5-4+. The summed E-state index contributed by atoms with van der Waals surface area (Å²) >= 11 is 1.58. The van der Waals surface area contributed by atoms with Crippen molar-refractivity contribution in [2.75, 3.05) is 0 Å². The molecule has 92 valence electrons. The van der Waals surface area contributed by atoms with Gasteiger partial charge < -0.3 is 0 Å². The summed E-state index contributed by atoms with van der Waals surface area (Å²) in [4.78, 5) is 16.8. The largest absolute Gasteiger partial charge is 0.254 e. The Bertz CT molecular complexity index is 677. The summed E-state index contributed by atoms with van der Waals surface area (Å²) in [5.74, 6) is 0. The first kappa shape index (κ1) is 11.7. The molecule has 0 amide bonds. The van der Waals surface area contributed by atoms with Crippen LogP contribution in [0.15, 0.2) is 48.4 Å². The molecule has 3 aromatic rings. The van der Waals surface area contributed by atoms with Crippen LogP contribution < -0.4 is 0 Å². The molecule has 5 heteroatoms. The number of hydrogen-bond donors (Lipinski definition) is 0. The summed E-state index contributed by atoms with van der Waals surface area (Å²) in [6.07, 6.45) is 8.87. The fourth-order valence-electron chi connectivity index (χ4n) is 1.54. The third kappa shape index (κ3) is 2.89. The molecule has 0 unspecified atom stereocenters. The van der Waals surface area contributed by atoms with Crippen molar-refractivity contribution in [1.29, 1.82) is 0 Å². The lowest BCUT2D eigenvalue weighted by Gasteiger charge is -1.92. The Morgan fingerprint density at radius 2 is 1.89 bits per heavy atom. The predicted molar refractivity (Wildman–Crippen MR) is 76.3 cm³/mol. The average Bonchev–Trinajstić information content (AvgIpc) is 2.96. The Hall–Kier alpha value is -2.40. The Kier molecular flexibility index (Phi) is 3.38. The van der Waals surface area contributed by atoms with Gasteiger partial charge in [0.1, 0.15) is 11.3 Å². The molecule has 0 saturated heterocycles. The first-order valence-electron chi connectivity index (χ1n) is 5.73. The van der Waals surface area contributed by atoms with Crippen molar-refractivity contribution >= 4 is 23.5 Å². The second kappa shape index (κ2) is 5.49. The number of thiazole rings is 1. The van der Waals surface area contributed by atoms with Crippen LogP contribution in [0.1, 0.15) is 11.4 Å². The second-order valence-corrected chi connectivity index (χ2v) is 4.62. The monoisotopic (exact) mass is 266 g/mol.